The van der Waals surface area contributed by atoms with Crippen molar-refractivity contribution in [2.75, 3.05) is 32.2 Å². The summed E-state index contributed by atoms with van der Waals surface area (Å²) < 4.78 is 16.2. The predicted octanol–water partition coefficient (Wildman–Crippen LogP) is 1.80. The zero-order valence-electron chi connectivity index (χ0n) is 13.7. The van der Waals surface area contributed by atoms with Gasteiger partial charge in [-0.15, -0.1) is 0 Å². The molecule has 1 aliphatic carbocycles. The molecule has 23 heavy (non-hydrogen) atoms. The van der Waals surface area contributed by atoms with Crippen LogP contribution in [-0.2, 0) is 9.47 Å². The highest BCUT2D eigenvalue weighted by Crippen LogP contribution is 2.57. The van der Waals surface area contributed by atoms with Gasteiger partial charge < -0.3 is 24.8 Å². The number of rotatable bonds is 6. The molecule has 126 valence electrons. The Morgan fingerprint density at radius 1 is 1.48 bits per heavy atom. The minimum absolute atomic E-state index is 0.267. The Morgan fingerprint density at radius 3 is 2.96 bits per heavy atom. The van der Waals surface area contributed by atoms with Crippen LogP contribution in [0.5, 0.6) is 5.88 Å². The molecule has 1 aliphatic heterocycles. The van der Waals surface area contributed by atoms with Crippen LogP contribution < -0.4 is 15.4 Å². The maximum absolute atomic E-state index is 12.4. The molecule has 2 unspecified atom stereocenters. The summed E-state index contributed by atoms with van der Waals surface area (Å²) in [5.74, 6) is 0.779. The van der Waals surface area contributed by atoms with Crippen LogP contribution in [0.3, 0.4) is 0 Å². The average molecular weight is 321 g/mol. The first-order chi connectivity index (χ1) is 11.0. The standard InChI is InChI=1S/C16H23N3O4/c1-15(2)16(9-11(16)10-23-15)19-14(20)18-12-5-4-6-17-13(12)22-8-7-21-3/h4-6,11H,7-10H2,1-3H3,(H2,18,19,20). The zero-order chi connectivity index (χ0) is 16.5. The number of nitrogens with one attached hydrogen (secondary N) is 2. The number of fused-ring (bicyclic) bond motifs is 1. The second-order valence-electron chi connectivity index (χ2n) is 6.47. The van der Waals surface area contributed by atoms with Crippen molar-refractivity contribution in [3.8, 4) is 5.88 Å². The van der Waals surface area contributed by atoms with Crippen molar-refractivity contribution >= 4 is 11.7 Å². The quantitative estimate of drug-likeness (QED) is 0.781. The summed E-state index contributed by atoms with van der Waals surface area (Å²) >= 11 is 0. The fourth-order valence-electron chi connectivity index (χ4n) is 3.19. The van der Waals surface area contributed by atoms with E-state index in [0.717, 1.165) is 6.42 Å². The van der Waals surface area contributed by atoms with E-state index in [2.05, 4.69) is 15.6 Å². The van der Waals surface area contributed by atoms with E-state index < -0.39 is 0 Å². The van der Waals surface area contributed by atoms with Crippen LogP contribution in [0.1, 0.15) is 20.3 Å². The molecule has 2 heterocycles. The Balaban J connectivity index is 1.63. The first-order valence-electron chi connectivity index (χ1n) is 7.78. The number of methoxy groups -OCH3 is 1. The summed E-state index contributed by atoms with van der Waals surface area (Å²) in [7, 11) is 1.60. The van der Waals surface area contributed by atoms with Gasteiger partial charge in [-0.25, -0.2) is 9.78 Å². The van der Waals surface area contributed by atoms with Gasteiger partial charge in [0, 0.05) is 19.2 Å². The van der Waals surface area contributed by atoms with E-state index in [1.165, 1.54) is 0 Å². The topological polar surface area (TPSA) is 81.7 Å². The number of carbonyl (C=O) groups excluding carboxylic acids is 1. The molecule has 2 amide bonds. The average Bonchev–Trinajstić information content (AvgIpc) is 3.16. The minimum atomic E-state index is -0.345. The molecule has 1 saturated heterocycles. The van der Waals surface area contributed by atoms with E-state index in [1.54, 1.807) is 25.4 Å². The van der Waals surface area contributed by atoms with Gasteiger partial charge in [-0.05, 0) is 32.4 Å². The van der Waals surface area contributed by atoms with Crippen LogP contribution in [0.4, 0.5) is 10.5 Å². The number of hydrogen-bond donors (Lipinski definition) is 2. The molecule has 3 rings (SSSR count). The molecule has 2 N–H and O–H groups in total. The highest BCUT2D eigenvalue weighted by Gasteiger charge is 2.69. The van der Waals surface area contributed by atoms with Gasteiger partial charge in [-0.1, -0.05) is 0 Å². The summed E-state index contributed by atoms with van der Waals surface area (Å²) in [5.41, 5.74) is -0.0793. The maximum Gasteiger partial charge on any atom is 0.319 e. The van der Waals surface area contributed by atoms with Crippen LogP contribution in [0.25, 0.3) is 0 Å². The molecule has 2 aliphatic rings. The third-order valence-corrected chi connectivity index (χ3v) is 4.71. The minimum Gasteiger partial charge on any atom is -0.474 e. The van der Waals surface area contributed by atoms with Gasteiger partial charge in [0.1, 0.15) is 12.3 Å². The van der Waals surface area contributed by atoms with Gasteiger partial charge in [0.2, 0.25) is 5.88 Å². The Kier molecular flexibility index (Phi) is 4.16. The molecule has 2 atom stereocenters. The zero-order valence-corrected chi connectivity index (χ0v) is 13.7. The second-order valence-corrected chi connectivity index (χ2v) is 6.47. The van der Waals surface area contributed by atoms with Crippen molar-refractivity contribution in [1.29, 1.82) is 0 Å². The Morgan fingerprint density at radius 2 is 2.30 bits per heavy atom. The Bertz CT molecular complexity index is 592. The van der Waals surface area contributed by atoms with Crippen LogP contribution in [0.15, 0.2) is 18.3 Å². The highest BCUT2D eigenvalue weighted by molar-refractivity contribution is 5.91. The van der Waals surface area contributed by atoms with Crippen molar-refractivity contribution in [2.45, 2.75) is 31.4 Å². The predicted molar refractivity (Wildman–Crippen MR) is 84.6 cm³/mol. The van der Waals surface area contributed by atoms with Crippen molar-refractivity contribution in [2.24, 2.45) is 5.92 Å². The smallest absolute Gasteiger partial charge is 0.319 e. The van der Waals surface area contributed by atoms with Crippen LogP contribution in [0, 0.1) is 5.92 Å². The number of pyridine rings is 1. The second kappa shape index (κ2) is 5.98. The largest absolute Gasteiger partial charge is 0.474 e. The third kappa shape index (κ3) is 2.98. The summed E-state index contributed by atoms with van der Waals surface area (Å²) in [6.45, 7) is 5.56. The third-order valence-electron chi connectivity index (χ3n) is 4.71. The molecule has 1 saturated carbocycles. The summed E-state index contributed by atoms with van der Waals surface area (Å²) in [4.78, 5) is 16.5. The van der Waals surface area contributed by atoms with E-state index in [1.807, 2.05) is 13.8 Å². The molecule has 0 radical (unpaired) electrons. The molecule has 0 aromatic carbocycles. The van der Waals surface area contributed by atoms with Crippen molar-refractivity contribution in [1.82, 2.24) is 10.3 Å². The fourth-order valence-corrected chi connectivity index (χ4v) is 3.19. The van der Waals surface area contributed by atoms with Gasteiger partial charge in [0.05, 0.1) is 24.4 Å². The van der Waals surface area contributed by atoms with E-state index in [-0.39, 0.29) is 17.2 Å². The molecular formula is C16H23N3O4. The van der Waals surface area contributed by atoms with E-state index in [0.29, 0.717) is 37.3 Å². The molecule has 7 nitrogen and oxygen atoms in total. The van der Waals surface area contributed by atoms with Crippen molar-refractivity contribution in [3.63, 3.8) is 0 Å². The van der Waals surface area contributed by atoms with E-state index >= 15 is 0 Å². The number of urea groups is 1. The molecule has 2 fully saturated rings. The van der Waals surface area contributed by atoms with Gasteiger partial charge in [0.15, 0.2) is 0 Å². The molecule has 1 aromatic rings. The maximum atomic E-state index is 12.4. The van der Waals surface area contributed by atoms with Crippen molar-refractivity contribution in [3.05, 3.63) is 18.3 Å². The summed E-state index contributed by atoms with van der Waals surface area (Å²) in [6, 6.07) is 3.24. The van der Waals surface area contributed by atoms with Crippen LogP contribution in [0.2, 0.25) is 0 Å². The normalized spacial score (nSPS) is 27.2. The van der Waals surface area contributed by atoms with Crippen LogP contribution >= 0.6 is 0 Å². The number of ether oxygens (including phenoxy) is 3. The number of carbonyl (C=O) groups is 1. The van der Waals surface area contributed by atoms with Gasteiger partial charge in [-0.3, -0.25) is 0 Å². The molecule has 7 heteroatoms. The lowest BCUT2D eigenvalue weighted by molar-refractivity contribution is -0.00667. The van der Waals surface area contributed by atoms with Gasteiger partial charge >= 0.3 is 6.03 Å². The van der Waals surface area contributed by atoms with E-state index in [9.17, 15) is 4.79 Å². The van der Waals surface area contributed by atoms with Crippen LogP contribution in [-0.4, -0.2) is 49.1 Å². The number of aromatic nitrogens is 1. The molecule has 0 spiro atoms. The van der Waals surface area contributed by atoms with Gasteiger partial charge in [-0.2, -0.15) is 0 Å². The Labute approximate surface area is 135 Å². The Hall–Kier alpha value is -1.86. The number of hydrogen-bond acceptors (Lipinski definition) is 5. The number of nitrogens with zero attached hydrogens (tertiary/aromatic N) is 1. The highest BCUT2D eigenvalue weighted by atomic mass is 16.5. The number of amides is 2. The first kappa shape index (κ1) is 16.0. The van der Waals surface area contributed by atoms with E-state index in [4.69, 9.17) is 14.2 Å². The first-order valence-corrected chi connectivity index (χ1v) is 7.78. The lowest BCUT2D eigenvalue weighted by Gasteiger charge is -2.31. The van der Waals surface area contributed by atoms with Gasteiger partial charge in [0.25, 0.3) is 0 Å². The monoisotopic (exact) mass is 321 g/mol. The SMILES string of the molecule is COCCOc1ncccc1NC(=O)NC12CC1COC2(C)C. The molecule has 0 bridgehead atoms. The molecular weight excluding hydrogens is 298 g/mol. The number of anilines is 1. The lowest BCUT2D eigenvalue weighted by Crippen LogP contribution is -2.52. The lowest BCUT2D eigenvalue weighted by atomic mass is 9.96. The fraction of sp³-hybridized carbons (Fsp3) is 0.625. The summed E-state index contributed by atoms with van der Waals surface area (Å²) in [6.07, 6.45) is 2.58. The summed E-state index contributed by atoms with van der Waals surface area (Å²) in [5, 5.41) is 5.90. The molecule has 1 aromatic heterocycles. The van der Waals surface area contributed by atoms with Crippen molar-refractivity contribution < 1.29 is 19.0 Å².